The molecular weight excluding hydrogens is 220 g/mol. The van der Waals surface area contributed by atoms with Crippen LogP contribution < -0.4 is 0 Å². The maximum atomic E-state index is 11.1. The number of rotatable bonds is 3. The number of aromatic nitrogens is 1. The molecule has 1 aromatic heterocycles. The van der Waals surface area contributed by atoms with Gasteiger partial charge in [0.25, 0.3) is 5.69 Å². The summed E-state index contributed by atoms with van der Waals surface area (Å²) < 4.78 is 0. The first kappa shape index (κ1) is 10.0. The summed E-state index contributed by atoms with van der Waals surface area (Å²) in [5.74, 6) is 0.418. The number of aromatic amines is 1. The molecule has 1 N–H and O–H groups in total. The minimum atomic E-state index is -0.447. The highest BCUT2D eigenvalue weighted by molar-refractivity contribution is 6.00. The molecule has 86 valence electrons. The molecule has 1 aliphatic rings. The van der Waals surface area contributed by atoms with E-state index in [1.807, 2.05) is 0 Å². The molecule has 0 radical (unpaired) electrons. The quantitative estimate of drug-likeness (QED) is 0.500. The van der Waals surface area contributed by atoms with Crippen LogP contribution in [0.5, 0.6) is 0 Å². The van der Waals surface area contributed by atoms with Gasteiger partial charge in [-0.2, -0.15) is 0 Å². The molecule has 0 atom stereocenters. The summed E-state index contributed by atoms with van der Waals surface area (Å²) in [6, 6.07) is 4.57. The SMILES string of the molecule is O=Cc1c(C2CC2)[nH]c2ccc([N+](=O)[O-])cc12. The predicted octanol–water partition coefficient (Wildman–Crippen LogP) is 2.77. The number of carbonyl (C=O) groups is 1. The monoisotopic (exact) mass is 230 g/mol. The topological polar surface area (TPSA) is 76.0 Å². The largest absolute Gasteiger partial charge is 0.358 e. The summed E-state index contributed by atoms with van der Waals surface area (Å²) in [6.45, 7) is 0. The summed E-state index contributed by atoms with van der Waals surface area (Å²) in [4.78, 5) is 24.6. The Morgan fingerprint density at radius 2 is 2.18 bits per heavy atom. The first-order valence-corrected chi connectivity index (χ1v) is 5.46. The van der Waals surface area contributed by atoms with E-state index in [9.17, 15) is 14.9 Å². The molecule has 0 amide bonds. The van der Waals surface area contributed by atoms with Crippen LogP contribution >= 0.6 is 0 Å². The Hall–Kier alpha value is -2.17. The van der Waals surface area contributed by atoms with Gasteiger partial charge in [0.05, 0.1) is 4.92 Å². The molecule has 1 fully saturated rings. The van der Waals surface area contributed by atoms with Gasteiger partial charge in [-0.05, 0) is 24.8 Å². The van der Waals surface area contributed by atoms with Crippen molar-refractivity contribution in [2.75, 3.05) is 0 Å². The van der Waals surface area contributed by atoms with Gasteiger partial charge in [-0.15, -0.1) is 0 Å². The number of non-ortho nitro benzene ring substituents is 1. The molecule has 1 heterocycles. The minimum Gasteiger partial charge on any atom is -0.358 e. The van der Waals surface area contributed by atoms with Gasteiger partial charge in [-0.25, -0.2) is 0 Å². The van der Waals surface area contributed by atoms with Crippen LogP contribution in [0.4, 0.5) is 5.69 Å². The van der Waals surface area contributed by atoms with Gasteiger partial charge in [-0.1, -0.05) is 0 Å². The number of H-pyrrole nitrogens is 1. The molecule has 0 unspecified atom stereocenters. The van der Waals surface area contributed by atoms with Crippen LogP contribution in [0.1, 0.15) is 34.8 Å². The molecule has 1 aliphatic carbocycles. The zero-order chi connectivity index (χ0) is 12.0. The van der Waals surface area contributed by atoms with Gasteiger partial charge in [-0.3, -0.25) is 14.9 Å². The molecular formula is C12H10N2O3. The van der Waals surface area contributed by atoms with E-state index in [0.29, 0.717) is 16.9 Å². The maximum Gasteiger partial charge on any atom is 0.270 e. The fourth-order valence-corrected chi connectivity index (χ4v) is 2.16. The van der Waals surface area contributed by atoms with Crippen LogP contribution in [0.15, 0.2) is 18.2 Å². The van der Waals surface area contributed by atoms with Crippen molar-refractivity contribution in [2.24, 2.45) is 0 Å². The lowest BCUT2D eigenvalue weighted by molar-refractivity contribution is -0.384. The van der Waals surface area contributed by atoms with E-state index in [1.165, 1.54) is 12.1 Å². The molecule has 5 nitrogen and oxygen atoms in total. The number of benzene rings is 1. The Kier molecular flexibility index (Phi) is 2.01. The number of nitrogens with one attached hydrogen (secondary N) is 1. The molecule has 5 heteroatoms. The first-order valence-electron chi connectivity index (χ1n) is 5.46. The summed E-state index contributed by atoms with van der Waals surface area (Å²) in [5.41, 5.74) is 2.31. The third-order valence-corrected chi connectivity index (χ3v) is 3.17. The summed E-state index contributed by atoms with van der Waals surface area (Å²) in [6.07, 6.45) is 2.95. The van der Waals surface area contributed by atoms with Gasteiger partial charge in [0, 0.05) is 34.3 Å². The Morgan fingerprint density at radius 1 is 1.41 bits per heavy atom. The number of nitrogens with zero attached hydrogens (tertiary/aromatic N) is 1. The second kappa shape index (κ2) is 3.41. The van der Waals surface area contributed by atoms with Crippen molar-refractivity contribution in [3.05, 3.63) is 39.6 Å². The average Bonchev–Trinajstić information content (AvgIpc) is 3.09. The highest BCUT2D eigenvalue weighted by Gasteiger charge is 2.29. The fraction of sp³-hybridized carbons (Fsp3) is 0.250. The Bertz CT molecular complexity index is 626. The van der Waals surface area contributed by atoms with E-state index in [-0.39, 0.29) is 5.69 Å². The molecule has 0 saturated heterocycles. The molecule has 1 saturated carbocycles. The number of hydrogen-bond donors (Lipinski definition) is 1. The number of nitro benzene ring substituents is 1. The smallest absolute Gasteiger partial charge is 0.270 e. The van der Waals surface area contributed by atoms with Crippen molar-refractivity contribution in [2.45, 2.75) is 18.8 Å². The van der Waals surface area contributed by atoms with Gasteiger partial charge in [0.1, 0.15) is 0 Å². The first-order chi connectivity index (χ1) is 8.20. The third kappa shape index (κ3) is 1.51. The van der Waals surface area contributed by atoms with Gasteiger partial charge >= 0.3 is 0 Å². The lowest BCUT2D eigenvalue weighted by atomic mass is 10.1. The Labute approximate surface area is 96.6 Å². The lowest BCUT2D eigenvalue weighted by Gasteiger charge is -1.93. The standard InChI is InChI=1S/C12H10N2O3/c15-6-10-9-5-8(14(16)17)3-4-11(9)13-12(10)7-1-2-7/h3-7,13H,1-2H2. The number of hydrogen-bond acceptors (Lipinski definition) is 3. The van der Waals surface area contributed by atoms with E-state index in [0.717, 1.165) is 30.3 Å². The summed E-state index contributed by atoms with van der Waals surface area (Å²) >= 11 is 0. The van der Waals surface area contributed by atoms with Crippen LogP contribution in [0, 0.1) is 10.1 Å². The number of nitro groups is 1. The molecule has 1 aromatic carbocycles. The van der Waals surface area contributed by atoms with Gasteiger partial charge < -0.3 is 4.98 Å². The normalized spacial score (nSPS) is 15.1. The van der Waals surface area contributed by atoms with E-state index in [1.54, 1.807) is 6.07 Å². The average molecular weight is 230 g/mol. The van der Waals surface area contributed by atoms with Crippen LogP contribution in [-0.2, 0) is 0 Å². The van der Waals surface area contributed by atoms with E-state index < -0.39 is 4.92 Å². The Morgan fingerprint density at radius 3 is 2.76 bits per heavy atom. The molecule has 2 aromatic rings. The van der Waals surface area contributed by atoms with Crippen LogP contribution in [-0.4, -0.2) is 16.2 Å². The molecule has 17 heavy (non-hydrogen) atoms. The van der Waals surface area contributed by atoms with Crippen molar-refractivity contribution >= 4 is 22.9 Å². The summed E-state index contributed by atoms with van der Waals surface area (Å²) in [5, 5.41) is 11.4. The maximum absolute atomic E-state index is 11.1. The second-order valence-electron chi connectivity index (χ2n) is 4.33. The van der Waals surface area contributed by atoms with Crippen LogP contribution in [0.25, 0.3) is 10.9 Å². The molecule has 0 spiro atoms. The van der Waals surface area contributed by atoms with Crippen LogP contribution in [0.2, 0.25) is 0 Å². The minimum absolute atomic E-state index is 0.0157. The number of carbonyl (C=O) groups excluding carboxylic acids is 1. The number of aldehydes is 1. The fourth-order valence-electron chi connectivity index (χ4n) is 2.16. The van der Waals surface area contributed by atoms with Crippen molar-refractivity contribution in [1.29, 1.82) is 0 Å². The highest BCUT2D eigenvalue weighted by Crippen LogP contribution is 2.42. The summed E-state index contributed by atoms with van der Waals surface area (Å²) in [7, 11) is 0. The number of fused-ring (bicyclic) bond motifs is 1. The van der Waals surface area contributed by atoms with Crippen molar-refractivity contribution in [3.8, 4) is 0 Å². The van der Waals surface area contributed by atoms with Crippen molar-refractivity contribution in [3.63, 3.8) is 0 Å². The highest BCUT2D eigenvalue weighted by atomic mass is 16.6. The Balaban J connectivity index is 2.26. The molecule has 3 rings (SSSR count). The van der Waals surface area contributed by atoms with E-state index >= 15 is 0 Å². The van der Waals surface area contributed by atoms with Crippen LogP contribution in [0.3, 0.4) is 0 Å². The van der Waals surface area contributed by atoms with Crippen molar-refractivity contribution in [1.82, 2.24) is 4.98 Å². The predicted molar refractivity (Wildman–Crippen MR) is 62.3 cm³/mol. The van der Waals surface area contributed by atoms with Gasteiger partial charge in [0.15, 0.2) is 6.29 Å². The third-order valence-electron chi connectivity index (χ3n) is 3.17. The molecule has 0 aliphatic heterocycles. The zero-order valence-corrected chi connectivity index (χ0v) is 8.97. The second-order valence-corrected chi connectivity index (χ2v) is 4.33. The van der Waals surface area contributed by atoms with Crippen molar-refractivity contribution < 1.29 is 9.72 Å². The van der Waals surface area contributed by atoms with E-state index in [4.69, 9.17) is 0 Å². The van der Waals surface area contributed by atoms with E-state index in [2.05, 4.69) is 4.98 Å². The lowest BCUT2D eigenvalue weighted by Crippen LogP contribution is -1.88. The zero-order valence-electron chi connectivity index (χ0n) is 8.97. The van der Waals surface area contributed by atoms with Gasteiger partial charge in [0.2, 0.25) is 0 Å². The molecule has 0 bridgehead atoms.